The van der Waals surface area contributed by atoms with Gasteiger partial charge in [-0.3, -0.25) is 4.90 Å². The Bertz CT molecular complexity index is 281. The van der Waals surface area contributed by atoms with Gasteiger partial charge in [-0.1, -0.05) is 26.2 Å². The van der Waals surface area contributed by atoms with Gasteiger partial charge in [-0.15, -0.1) is 0 Å². The van der Waals surface area contributed by atoms with Gasteiger partial charge < -0.3 is 10.6 Å². The van der Waals surface area contributed by atoms with Crippen LogP contribution in [0.15, 0.2) is 0 Å². The molecule has 20 heavy (non-hydrogen) atoms. The van der Waals surface area contributed by atoms with E-state index >= 15 is 0 Å². The molecule has 0 radical (unpaired) electrons. The third-order valence-electron chi connectivity index (χ3n) is 5.59. The minimum absolute atomic E-state index is 0.682. The first-order chi connectivity index (χ1) is 9.65. The van der Waals surface area contributed by atoms with Crippen LogP contribution in [0.2, 0.25) is 0 Å². The monoisotopic (exact) mass is 281 g/mol. The van der Waals surface area contributed by atoms with Crippen LogP contribution in [-0.2, 0) is 0 Å². The van der Waals surface area contributed by atoms with Gasteiger partial charge in [0.05, 0.1) is 0 Å². The van der Waals surface area contributed by atoms with Crippen LogP contribution in [0.25, 0.3) is 0 Å². The summed E-state index contributed by atoms with van der Waals surface area (Å²) >= 11 is 0. The van der Waals surface area contributed by atoms with Crippen molar-refractivity contribution in [2.24, 2.45) is 17.6 Å². The maximum absolute atomic E-state index is 6.09. The number of likely N-dealkylation sites (N-methyl/N-ethyl adjacent to an activating group) is 1. The second-order valence-electron chi connectivity index (χ2n) is 7.23. The van der Waals surface area contributed by atoms with Gasteiger partial charge in [0.25, 0.3) is 0 Å². The van der Waals surface area contributed by atoms with E-state index in [1.165, 1.54) is 58.2 Å². The van der Waals surface area contributed by atoms with Gasteiger partial charge in [0, 0.05) is 18.6 Å². The molecule has 0 bridgehead atoms. The third kappa shape index (κ3) is 3.96. The molecule has 2 fully saturated rings. The van der Waals surface area contributed by atoms with Gasteiger partial charge in [0.1, 0.15) is 0 Å². The number of hydrogen-bond donors (Lipinski definition) is 1. The molecule has 3 heteroatoms. The van der Waals surface area contributed by atoms with E-state index in [2.05, 4.69) is 30.7 Å². The molecule has 2 rings (SSSR count). The molecular weight excluding hydrogens is 246 g/mol. The molecular formula is C17H35N3. The van der Waals surface area contributed by atoms with Crippen LogP contribution in [0.3, 0.4) is 0 Å². The highest BCUT2D eigenvalue weighted by Gasteiger charge is 2.36. The topological polar surface area (TPSA) is 32.5 Å². The lowest BCUT2D eigenvalue weighted by molar-refractivity contribution is 0.0519. The molecule has 0 aromatic carbocycles. The second kappa shape index (κ2) is 7.77. The van der Waals surface area contributed by atoms with Gasteiger partial charge in [-0.2, -0.15) is 0 Å². The smallest absolute Gasteiger partial charge is 0.0197 e. The van der Waals surface area contributed by atoms with E-state index in [0.29, 0.717) is 6.04 Å². The van der Waals surface area contributed by atoms with Crippen molar-refractivity contribution in [2.45, 2.75) is 64.5 Å². The Morgan fingerprint density at radius 2 is 2.00 bits per heavy atom. The van der Waals surface area contributed by atoms with E-state index in [1.807, 2.05) is 0 Å². The molecule has 1 aliphatic carbocycles. The summed E-state index contributed by atoms with van der Waals surface area (Å²) in [7, 11) is 2.27. The predicted molar refractivity (Wildman–Crippen MR) is 86.9 cm³/mol. The van der Waals surface area contributed by atoms with Gasteiger partial charge >= 0.3 is 0 Å². The molecule has 1 heterocycles. The van der Waals surface area contributed by atoms with E-state index in [1.54, 1.807) is 0 Å². The number of rotatable bonds is 4. The summed E-state index contributed by atoms with van der Waals surface area (Å²) in [5.74, 6) is 1.68. The summed E-state index contributed by atoms with van der Waals surface area (Å²) in [5.41, 5.74) is 6.09. The standard InChI is InChI=1S/C17H35N3/c1-4-6-15-7-8-16(12-18)17(11-15)20-10-5-9-19(3)13-14(20)2/h14-17H,4-13,18H2,1-3H3. The zero-order chi connectivity index (χ0) is 14.5. The zero-order valence-electron chi connectivity index (χ0n) is 13.9. The molecule has 0 spiro atoms. The van der Waals surface area contributed by atoms with E-state index in [9.17, 15) is 0 Å². The fraction of sp³-hybridized carbons (Fsp3) is 1.00. The fourth-order valence-electron chi connectivity index (χ4n) is 4.53. The van der Waals surface area contributed by atoms with Crippen molar-refractivity contribution in [3.8, 4) is 0 Å². The maximum Gasteiger partial charge on any atom is 0.0197 e. The maximum atomic E-state index is 6.09. The van der Waals surface area contributed by atoms with Gasteiger partial charge in [0.15, 0.2) is 0 Å². The Labute approximate surface area is 125 Å². The van der Waals surface area contributed by atoms with Crippen molar-refractivity contribution in [3.05, 3.63) is 0 Å². The van der Waals surface area contributed by atoms with Crippen LogP contribution in [0.1, 0.15) is 52.4 Å². The van der Waals surface area contributed by atoms with Crippen molar-refractivity contribution in [1.29, 1.82) is 0 Å². The highest BCUT2D eigenvalue weighted by atomic mass is 15.3. The minimum atomic E-state index is 0.682. The highest BCUT2D eigenvalue weighted by Crippen LogP contribution is 2.35. The van der Waals surface area contributed by atoms with Gasteiger partial charge in [-0.25, -0.2) is 0 Å². The van der Waals surface area contributed by atoms with Crippen LogP contribution in [0.4, 0.5) is 0 Å². The molecule has 1 saturated carbocycles. The van der Waals surface area contributed by atoms with Crippen LogP contribution >= 0.6 is 0 Å². The van der Waals surface area contributed by atoms with Crippen molar-refractivity contribution in [3.63, 3.8) is 0 Å². The van der Waals surface area contributed by atoms with Crippen LogP contribution < -0.4 is 5.73 Å². The van der Waals surface area contributed by atoms with Crippen molar-refractivity contribution >= 4 is 0 Å². The van der Waals surface area contributed by atoms with E-state index < -0.39 is 0 Å². The molecule has 118 valence electrons. The molecule has 1 aliphatic heterocycles. The van der Waals surface area contributed by atoms with Gasteiger partial charge in [0.2, 0.25) is 0 Å². The molecule has 0 aromatic heterocycles. The Balaban J connectivity index is 2.04. The van der Waals surface area contributed by atoms with Crippen LogP contribution in [-0.4, -0.2) is 55.1 Å². The Kier molecular flexibility index (Phi) is 6.31. The van der Waals surface area contributed by atoms with Gasteiger partial charge in [-0.05, 0) is 64.7 Å². The molecule has 2 aliphatic rings. The average molecular weight is 281 g/mol. The lowest BCUT2D eigenvalue weighted by Crippen LogP contribution is -2.51. The van der Waals surface area contributed by atoms with Crippen molar-refractivity contribution < 1.29 is 0 Å². The summed E-state index contributed by atoms with van der Waals surface area (Å²) in [6.07, 6.45) is 8.22. The Morgan fingerprint density at radius 3 is 2.70 bits per heavy atom. The Morgan fingerprint density at radius 1 is 1.20 bits per heavy atom. The predicted octanol–water partition coefficient (Wildman–Crippen LogP) is 2.56. The van der Waals surface area contributed by atoms with E-state index in [-0.39, 0.29) is 0 Å². The summed E-state index contributed by atoms with van der Waals surface area (Å²) in [4.78, 5) is 5.30. The summed E-state index contributed by atoms with van der Waals surface area (Å²) in [5, 5.41) is 0. The first-order valence-corrected chi connectivity index (χ1v) is 8.80. The summed E-state index contributed by atoms with van der Waals surface area (Å²) < 4.78 is 0. The first kappa shape index (κ1) is 16.3. The van der Waals surface area contributed by atoms with E-state index in [0.717, 1.165) is 24.4 Å². The number of nitrogens with zero attached hydrogens (tertiary/aromatic N) is 2. The molecule has 0 amide bonds. The number of hydrogen-bond acceptors (Lipinski definition) is 3. The molecule has 4 unspecified atom stereocenters. The zero-order valence-corrected chi connectivity index (χ0v) is 13.9. The number of nitrogens with two attached hydrogens (primary N) is 1. The molecule has 4 atom stereocenters. The lowest BCUT2D eigenvalue weighted by atomic mass is 9.75. The second-order valence-corrected chi connectivity index (χ2v) is 7.23. The normalized spacial score (nSPS) is 37.8. The van der Waals surface area contributed by atoms with Crippen molar-refractivity contribution in [2.75, 3.05) is 33.2 Å². The minimum Gasteiger partial charge on any atom is -0.330 e. The SMILES string of the molecule is CCCC1CCC(CN)C(N2CCCN(C)CC2C)C1. The molecule has 1 saturated heterocycles. The van der Waals surface area contributed by atoms with Crippen LogP contribution in [0.5, 0.6) is 0 Å². The highest BCUT2D eigenvalue weighted by molar-refractivity contribution is 4.91. The Hall–Kier alpha value is -0.120. The largest absolute Gasteiger partial charge is 0.330 e. The quantitative estimate of drug-likeness (QED) is 0.859. The fourth-order valence-corrected chi connectivity index (χ4v) is 4.53. The van der Waals surface area contributed by atoms with E-state index in [4.69, 9.17) is 5.73 Å². The summed E-state index contributed by atoms with van der Waals surface area (Å²) in [6, 6.07) is 1.42. The third-order valence-corrected chi connectivity index (χ3v) is 5.59. The molecule has 0 aromatic rings. The lowest BCUT2D eigenvalue weighted by Gasteiger charge is -2.45. The van der Waals surface area contributed by atoms with Crippen molar-refractivity contribution in [1.82, 2.24) is 9.80 Å². The first-order valence-electron chi connectivity index (χ1n) is 8.80. The summed E-state index contributed by atoms with van der Waals surface area (Å²) in [6.45, 7) is 9.35. The average Bonchev–Trinajstić information content (AvgIpc) is 2.59. The molecule has 2 N–H and O–H groups in total. The molecule has 3 nitrogen and oxygen atoms in total. The van der Waals surface area contributed by atoms with Crippen LogP contribution in [0, 0.1) is 11.8 Å².